The molecular formula is C26H29NO3. The van der Waals surface area contributed by atoms with Gasteiger partial charge in [0.05, 0.1) is 14.1 Å². The van der Waals surface area contributed by atoms with Crippen LogP contribution < -0.4 is 4.74 Å². The third-order valence-electron chi connectivity index (χ3n) is 4.95. The van der Waals surface area contributed by atoms with Crippen LogP contribution in [0.1, 0.15) is 30.0 Å². The molecule has 0 radical (unpaired) electrons. The molecule has 0 saturated heterocycles. The molecule has 4 nitrogen and oxygen atoms in total. The minimum atomic E-state index is -0.376. The van der Waals surface area contributed by atoms with Gasteiger partial charge in [-0.05, 0) is 58.5 Å². The minimum Gasteiger partial charge on any atom is -0.633 e. The highest BCUT2D eigenvalue weighted by Gasteiger charge is 2.14. The number of ether oxygens (including phenoxy) is 1. The van der Waals surface area contributed by atoms with E-state index < -0.39 is 0 Å². The Hall–Kier alpha value is -3.08. The zero-order chi connectivity index (χ0) is 21.6. The predicted octanol–water partition coefficient (Wildman–Crippen LogP) is 5.71. The molecule has 0 aromatic heterocycles. The molecule has 3 aromatic carbocycles. The molecule has 0 aliphatic carbocycles. The molecule has 0 spiro atoms. The van der Waals surface area contributed by atoms with Gasteiger partial charge in [0.15, 0.2) is 0 Å². The molecule has 3 rings (SSSR count). The Bertz CT molecular complexity index is 987. The van der Waals surface area contributed by atoms with Crippen molar-refractivity contribution in [1.29, 1.82) is 0 Å². The fourth-order valence-corrected chi connectivity index (χ4v) is 3.44. The third kappa shape index (κ3) is 5.72. The van der Waals surface area contributed by atoms with E-state index in [1.165, 1.54) is 5.57 Å². The summed E-state index contributed by atoms with van der Waals surface area (Å²) in [7, 11) is 3.21. The van der Waals surface area contributed by atoms with E-state index in [1.807, 2.05) is 54.6 Å². The summed E-state index contributed by atoms with van der Waals surface area (Å²) in [6.07, 6.45) is 0.851. The highest BCUT2D eigenvalue weighted by Crippen LogP contribution is 2.36. The Balaban J connectivity index is 2.00. The van der Waals surface area contributed by atoms with E-state index in [0.29, 0.717) is 13.2 Å². The lowest BCUT2D eigenvalue weighted by atomic mass is 9.88. The molecule has 0 bridgehead atoms. The number of allylic oxidation sites excluding steroid dienone is 1. The Morgan fingerprint density at radius 2 is 1.53 bits per heavy atom. The number of nitrogens with zero attached hydrogens (tertiary/aromatic N) is 1. The Labute approximate surface area is 178 Å². The van der Waals surface area contributed by atoms with Crippen LogP contribution in [-0.4, -0.2) is 37.0 Å². The number of phenolic OH excluding ortho intramolecular Hbond substituents is 1. The van der Waals surface area contributed by atoms with E-state index in [9.17, 15) is 10.3 Å². The Morgan fingerprint density at radius 3 is 2.13 bits per heavy atom. The molecule has 0 heterocycles. The van der Waals surface area contributed by atoms with Gasteiger partial charge in [0, 0.05) is 0 Å². The third-order valence-corrected chi connectivity index (χ3v) is 4.95. The maximum absolute atomic E-state index is 11.7. The number of hydroxylamine groups is 3. The summed E-state index contributed by atoms with van der Waals surface area (Å²) >= 11 is 0. The lowest BCUT2D eigenvalue weighted by molar-refractivity contribution is -0.840. The van der Waals surface area contributed by atoms with Gasteiger partial charge in [0.1, 0.15) is 24.7 Å². The van der Waals surface area contributed by atoms with Crippen LogP contribution in [0.3, 0.4) is 0 Å². The molecule has 156 valence electrons. The molecule has 0 atom stereocenters. The summed E-state index contributed by atoms with van der Waals surface area (Å²) in [5.74, 6) is 0.979. The van der Waals surface area contributed by atoms with Crippen LogP contribution in [0.4, 0.5) is 0 Å². The van der Waals surface area contributed by atoms with Gasteiger partial charge in [-0.3, -0.25) is 0 Å². The van der Waals surface area contributed by atoms with E-state index in [2.05, 4.69) is 19.1 Å². The van der Waals surface area contributed by atoms with Crippen molar-refractivity contribution in [3.05, 3.63) is 101 Å². The minimum absolute atomic E-state index is 0.242. The van der Waals surface area contributed by atoms with E-state index in [1.54, 1.807) is 26.2 Å². The first-order valence-corrected chi connectivity index (χ1v) is 10.2. The second-order valence-electron chi connectivity index (χ2n) is 7.79. The number of benzene rings is 3. The highest BCUT2D eigenvalue weighted by molar-refractivity contribution is 5.98. The number of phenols is 1. The summed E-state index contributed by atoms with van der Waals surface area (Å²) in [5, 5.41) is 21.8. The number of aromatic hydroxyl groups is 1. The van der Waals surface area contributed by atoms with Crippen molar-refractivity contribution in [2.75, 3.05) is 27.2 Å². The molecule has 4 heteroatoms. The number of hydrogen-bond acceptors (Lipinski definition) is 3. The number of likely N-dealkylation sites (N-methyl/N-ethyl adjacent to an activating group) is 1. The topological polar surface area (TPSA) is 52.5 Å². The lowest BCUT2D eigenvalue weighted by Crippen LogP contribution is -2.36. The molecule has 30 heavy (non-hydrogen) atoms. The molecule has 0 saturated carbocycles. The van der Waals surface area contributed by atoms with E-state index in [0.717, 1.165) is 34.4 Å². The van der Waals surface area contributed by atoms with E-state index in [4.69, 9.17) is 4.74 Å². The zero-order valence-corrected chi connectivity index (χ0v) is 17.8. The fourth-order valence-electron chi connectivity index (χ4n) is 3.44. The Kier molecular flexibility index (Phi) is 6.93. The van der Waals surface area contributed by atoms with Gasteiger partial charge in [-0.2, -0.15) is 0 Å². The second-order valence-corrected chi connectivity index (χ2v) is 7.79. The fraction of sp³-hybridized carbons (Fsp3) is 0.231. The molecule has 0 aliphatic rings. The van der Waals surface area contributed by atoms with Gasteiger partial charge in [-0.15, -0.1) is 0 Å². The van der Waals surface area contributed by atoms with Crippen molar-refractivity contribution in [3.63, 3.8) is 0 Å². The standard InChI is InChI=1S/C26H29NO3/c1-4-25(20-9-6-5-7-10-20)26(22-11-8-12-23(28)19-22)21-13-15-24(16-14-21)30-18-17-27(2,3)29/h5-16,19,28H,4,17-18H2,1-3H3/b26-25+. The quantitative estimate of drug-likeness (QED) is 0.298. The van der Waals surface area contributed by atoms with Gasteiger partial charge >= 0.3 is 0 Å². The van der Waals surface area contributed by atoms with Crippen molar-refractivity contribution >= 4 is 11.1 Å². The molecule has 0 unspecified atom stereocenters. The summed E-state index contributed by atoms with van der Waals surface area (Å²) < 4.78 is 5.37. The first-order valence-electron chi connectivity index (χ1n) is 10.2. The molecule has 0 amide bonds. The van der Waals surface area contributed by atoms with Gasteiger partial charge in [0.2, 0.25) is 0 Å². The van der Waals surface area contributed by atoms with Crippen LogP contribution in [-0.2, 0) is 0 Å². The molecule has 0 aliphatic heterocycles. The van der Waals surface area contributed by atoms with Crippen molar-refractivity contribution in [1.82, 2.24) is 0 Å². The zero-order valence-electron chi connectivity index (χ0n) is 17.8. The first-order chi connectivity index (χ1) is 14.4. The van der Waals surface area contributed by atoms with Crippen LogP contribution in [0.25, 0.3) is 11.1 Å². The number of quaternary nitrogens is 1. The predicted molar refractivity (Wildman–Crippen MR) is 123 cm³/mol. The number of hydrogen-bond donors (Lipinski definition) is 1. The van der Waals surface area contributed by atoms with Crippen LogP contribution in [0, 0.1) is 5.21 Å². The van der Waals surface area contributed by atoms with Crippen LogP contribution in [0.15, 0.2) is 78.9 Å². The van der Waals surface area contributed by atoms with Crippen LogP contribution in [0.5, 0.6) is 11.5 Å². The molecule has 3 aromatic rings. The Morgan fingerprint density at radius 1 is 0.867 bits per heavy atom. The van der Waals surface area contributed by atoms with E-state index >= 15 is 0 Å². The highest BCUT2D eigenvalue weighted by atomic mass is 16.5. The monoisotopic (exact) mass is 403 g/mol. The molecular weight excluding hydrogens is 374 g/mol. The smallest absolute Gasteiger partial charge is 0.137 e. The summed E-state index contributed by atoms with van der Waals surface area (Å²) in [5.41, 5.74) is 5.47. The van der Waals surface area contributed by atoms with Crippen LogP contribution in [0.2, 0.25) is 0 Å². The average molecular weight is 404 g/mol. The number of rotatable bonds is 8. The first kappa shape index (κ1) is 21.6. The second kappa shape index (κ2) is 9.61. The summed E-state index contributed by atoms with van der Waals surface area (Å²) in [6, 6.07) is 25.6. The van der Waals surface area contributed by atoms with Gasteiger partial charge in [-0.25, -0.2) is 0 Å². The van der Waals surface area contributed by atoms with E-state index in [-0.39, 0.29) is 10.4 Å². The maximum atomic E-state index is 11.7. The van der Waals surface area contributed by atoms with Crippen molar-refractivity contribution < 1.29 is 14.5 Å². The maximum Gasteiger partial charge on any atom is 0.137 e. The summed E-state index contributed by atoms with van der Waals surface area (Å²) in [6.45, 7) is 2.91. The molecule has 1 N–H and O–H groups in total. The largest absolute Gasteiger partial charge is 0.633 e. The lowest BCUT2D eigenvalue weighted by Gasteiger charge is -2.33. The van der Waals surface area contributed by atoms with Gasteiger partial charge in [-0.1, -0.05) is 61.5 Å². The molecule has 0 fully saturated rings. The average Bonchev–Trinajstić information content (AvgIpc) is 2.72. The van der Waals surface area contributed by atoms with Gasteiger partial charge in [0.25, 0.3) is 0 Å². The van der Waals surface area contributed by atoms with Crippen molar-refractivity contribution in [3.8, 4) is 11.5 Å². The normalized spacial score (nSPS) is 12.4. The van der Waals surface area contributed by atoms with Crippen molar-refractivity contribution in [2.45, 2.75) is 13.3 Å². The summed E-state index contributed by atoms with van der Waals surface area (Å²) in [4.78, 5) is 0. The SMILES string of the molecule is CC/C(=C(/c1ccc(OCC[N+](C)(C)[O-])cc1)c1cccc(O)c1)c1ccccc1. The van der Waals surface area contributed by atoms with Crippen LogP contribution >= 0.6 is 0 Å². The van der Waals surface area contributed by atoms with Gasteiger partial charge < -0.3 is 19.7 Å². The van der Waals surface area contributed by atoms with Crippen molar-refractivity contribution in [2.24, 2.45) is 0 Å².